The topological polar surface area (TPSA) is 28.2 Å². The van der Waals surface area contributed by atoms with E-state index in [-0.39, 0.29) is 17.6 Å². The van der Waals surface area contributed by atoms with Crippen LogP contribution in [0.4, 0.5) is 8.78 Å². The van der Waals surface area contributed by atoms with Crippen molar-refractivity contribution in [3.8, 4) is 0 Å². The number of rotatable bonds is 3. The van der Waals surface area contributed by atoms with E-state index in [0.29, 0.717) is 28.7 Å². The van der Waals surface area contributed by atoms with Crippen LogP contribution < -0.4 is 5.32 Å². The quantitative estimate of drug-likeness (QED) is 0.945. The summed E-state index contributed by atoms with van der Waals surface area (Å²) in [6.45, 7) is 7.97. The smallest absolute Gasteiger partial charge is 0.134 e. The highest BCUT2D eigenvalue weighted by atomic mass is 19.1. The van der Waals surface area contributed by atoms with Crippen LogP contribution >= 0.6 is 0 Å². The van der Waals surface area contributed by atoms with E-state index in [1.54, 1.807) is 6.07 Å². The first kappa shape index (κ1) is 15.3. The third-order valence-electron chi connectivity index (χ3n) is 4.14. The van der Waals surface area contributed by atoms with Crippen molar-refractivity contribution in [2.24, 2.45) is 0 Å². The lowest BCUT2D eigenvalue weighted by molar-refractivity contribution is 0.230. The van der Waals surface area contributed by atoms with E-state index < -0.39 is 0 Å². The summed E-state index contributed by atoms with van der Waals surface area (Å²) in [7, 11) is 0. The summed E-state index contributed by atoms with van der Waals surface area (Å²) < 4.78 is 28.6. The fourth-order valence-electron chi connectivity index (χ4n) is 2.80. The van der Waals surface area contributed by atoms with E-state index in [2.05, 4.69) is 15.2 Å². The van der Waals surface area contributed by atoms with Crippen LogP contribution in [0.25, 0.3) is 10.9 Å². The van der Waals surface area contributed by atoms with E-state index in [1.165, 1.54) is 12.1 Å². The van der Waals surface area contributed by atoms with Crippen LogP contribution in [0, 0.1) is 11.6 Å². The van der Waals surface area contributed by atoms with E-state index in [9.17, 15) is 8.78 Å². The van der Waals surface area contributed by atoms with Crippen molar-refractivity contribution < 1.29 is 8.78 Å². The SMILES string of the molecule is CC(C)c1cc(F)c2cc(CN3CCNCC3)c(F)cc2n1. The molecule has 0 amide bonds. The van der Waals surface area contributed by atoms with Crippen molar-refractivity contribution >= 4 is 10.9 Å². The number of nitrogens with one attached hydrogen (secondary N) is 1. The van der Waals surface area contributed by atoms with Crippen LogP contribution in [0.5, 0.6) is 0 Å². The van der Waals surface area contributed by atoms with Gasteiger partial charge in [-0.1, -0.05) is 13.8 Å². The lowest BCUT2D eigenvalue weighted by Crippen LogP contribution is -2.43. The summed E-state index contributed by atoms with van der Waals surface area (Å²) >= 11 is 0. The second kappa shape index (κ2) is 6.26. The number of piperazine rings is 1. The summed E-state index contributed by atoms with van der Waals surface area (Å²) in [6.07, 6.45) is 0. The summed E-state index contributed by atoms with van der Waals surface area (Å²) in [6, 6.07) is 4.43. The van der Waals surface area contributed by atoms with Gasteiger partial charge in [-0.05, 0) is 18.1 Å². The normalized spacial score (nSPS) is 16.6. The molecule has 1 N–H and O–H groups in total. The second-order valence-electron chi connectivity index (χ2n) is 6.17. The van der Waals surface area contributed by atoms with E-state index >= 15 is 0 Å². The van der Waals surface area contributed by atoms with Gasteiger partial charge in [0, 0.05) is 55.4 Å². The van der Waals surface area contributed by atoms with E-state index in [1.807, 2.05) is 13.8 Å². The summed E-state index contributed by atoms with van der Waals surface area (Å²) in [5, 5.41) is 3.66. The Balaban J connectivity index is 1.97. The zero-order valence-corrected chi connectivity index (χ0v) is 13.0. The molecule has 2 aromatic rings. The Kier molecular flexibility index (Phi) is 4.36. The van der Waals surface area contributed by atoms with Gasteiger partial charge in [-0.2, -0.15) is 0 Å². The molecule has 0 radical (unpaired) electrons. The average Bonchev–Trinajstić information content (AvgIpc) is 2.49. The van der Waals surface area contributed by atoms with Crippen molar-refractivity contribution in [3.63, 3.8) is 0 Å². The first-order valence-electron chi connectivity index (χ1n) is 7.76. The molecule has 0 aliphatic carbocycles. The van der Waals surface area contributed by atoms with Gasteiger partial charge in [0.15, 0.2) is 0 Å². The predicted octanol–water partition coefficient (Wildman–Crippen LogP) is 3.04. The minimum atomic E-state index is -0.324. The Morgan fingerprint density at radius 2 is 1.86 bits per heavy atom. The van der Waals surface area contributed by atoms with Gasteiger partial charge < -0.3 is 5.32 Å². The Hall–Kier alpha value is -1.59. The van der Waals surface area contributed by atoms with Crippen LogP contribution in [-0.4, -0.2) is 36.1 Å². The third kappa shape index (κ3) is 3.10. The third-order valence-corrected chi connectivity index (χ3v) is 4.14. The minimum absolute atomic E-state index is 0.113. The molecule has 1 saturated heterocycles. The van der Waals surface area contributed by atoms with Crippen LogP contribution in [0.1, 0.15) is 31.0 Å². The molecule has 1 aliphatic heterocycles. The molecule has 1 aromatic heterocycles. The number of aromatic nitrogens is 1. The van der Waals surface area contributed by atoms with Crippen LogP contribution in [0.15, 0.2) is 18.2 Å². The fourth-order valence-corrected chi connectivity index (χ4v) is 2.80. The molecule has 0 atom stereocenters. The molecule has 0 spiro atoms. The number of fused-ring (bicyclic) bond motifs is 1. The number of benzene rings is 1. The number of halogens is 2. The first-order chi connectivity index (χ1) is 10.5. The highest BCUT2D eigenvalue weighted by molar-refractivity contribution is 5.80. The molecule has 2 heterocycles. The Morgan fingerprint density at radius 1 is 1.14 bits per heavy atom. The average molecular weight is 305 g/mol. The van der Waals surface area contributed by atoms with Crippen LogP contribution in [0.3, 0.4) is 0 Å². The van der Waals surface area contributed by atoms with E-state index in [4.69, 9.17) is 0 Å². The Bertz CT molecular complexity index is 679. The molecule has 3 rings (SSSR count). The molecule has 22 heavy (non-hydrogen) atoms. The van der Waals surface area contributed by atoms with E-state index in [0.717, 1.165) is 26.2 Å². The molecule has 118 valence electrons. The number of nitrogens with zero attached hydrogens (tertiary/aromatic N) is 2. The molecule has 1 fully saturated rings. The second-order valence-corrected chi connectivity index (χ2v) is 6.17. The van der Waals surface area contributed by atoms with Crippen molar-refractivity contribution in [1.29, 1.82) is 0 Å². The highest BCUT2D eigenvalue weighted by Crippen LogP contribution is 2.25. The number of hydrogen-bond acceptors (Lipinski definition) is 3. The van der Waals surface area contributed by atoms with Crippen LogP contribution in [-0.2, 0) is 6.54 Å². The molecule has 0 unspecified atom stereocenters. The molecule has 1 aliphatic rings. The summed E-state index contributed by atoms with van der Waals surface area (Å²) in [5.74, 6) is -0.517. The van der Waals surface area contributed by atoms with Gasteiger partial charge in [-0.25, -0.2) is 8.78 Å². The first-order valence-corrected chi connectivity index (χ1v) is 7.76. The van der Waals surface area contributed by atoms with Crippen molar-refractivity contribution in [1.82, 2.24) is 15.2 Å². The molecule has 0 bridgehead atoms. The van der Waals surface area contributed by atoms with Crippen molar-refractivity contribution in [2.45, 2.75) is 26.3 Å². The van der Waals surface area contributed by atoms with Gasteiger partial charge >= 0.3 is 0 Å². The molecular formula is C17H21F2N3. The molecule has 3 nitrogen and oxygen atoms in total. The van der Waals surface area contributed by atoms with Gasteiger partial charge in [0.05, 0.1) is 5.52 Å². The lowest BCUT2D eigenvalue weighted by atomic mass is 10.0. The van der Waals surface area contributed by atoms with Crippen LogP contribution in [0.2, 0.25) is 0 Å². The molecule has 5 heteroatoms. The van der Waals surface area contributed by atoms with Crippen molar-refractivity contribution in [2.75, 3.05) is 26.2 Å². The standard InChI is InChI=1S/C17H21F2N3/c1-11(2)16-9-15(19)13-7-12(14(18)8-17(13)21-16)10-22-5-3-20-4-6-22/h7-9,11,20H,3-6,10H2,1-2H3. The minimum Gasteiger partial charge on any atom is -0.314 e. The Labute approximate surface area is 129 Å². The fraction of sp³-hybridized carbons (Fsp3) is 0.471. The van der Waals surface area contributed by atoms with Crippen molar-refractivity contribution in [3.05, 3.63) is 41.1 Å². The maximum Gasteiger partial charge on any atom is 0.134 e. The summed E-state index contributed by atoms with van der Waals surface area (Å²) in [4.78, 5) is 6.56. The van der Waals surface area contributed by atoms with Gasteiger partial charge in [-0.3, -0.25) is 9.88 Å². The zero-order chi connectivity index (χ0) is 15.7. The number of hydrogen-bond donors (Lipinski definition) is 1. The van der Waals surface area contributed by atoms with Gasteiger partial charge in [0.1, 0.15) is 11.6 Å². The largest absolute Gasteiger partial charge is 0.314 e. The van der Waals surface area contributed by atoms with Gasteiger partial charge in [-0.15, -0.1) is 0 Å². The Morgan fingerprint density at radius 3 is 2.55 bits per heavy atom. The van der Waals surface area contributed by atoms with Gasteiger partial charge in [0.25, 0.3) is 0 Å². The zero-order valence-electron chi connectivity index (χ0n) is 13.0. The monoisotopic (exact) mass is 305 g/mol. The maximum absolute atomic E-state index is 14.3. The predicted molar refractivity (Wildman–Crippen MR) is 83.9 cm³/mol. The molecular weight excluding hydrogens is 284 g/mol. The summed E-state index contributed by atoms with van der Waals surface area (Å²) in [5.41, 5.74) is 1.58. The van der Waals surface area contributed by atoms with Gasteiger partial charge in [0.2, 0.25) is 0 Å². The maximum atomic E-state index is 14.3. The lowest BCUT2D eigenvalue weighted by Gasteiger charge is -2.27. The molecule has 1 aromatic carbocycles. The highest BCUT2D eigenvalue weighted by Gasteiger charge is 2.16. The molecule has 0 saturated carbocycles. The number of pyridine rings is 1.